The van der Waals surface area contributed by atoms with E-state index in [4.69, 9.17) is 0 Å². The summed E-state index contributed by atoms with van der Waals surface area (Å²) in [6.45, 7) is 3.67. The van der Waals surface area contributed by atoms with Gasteiger partial charge in [0.2, 0.25) is 0 Å². The highest BCUT2D eigenvalue weighted by molar-refractivity contribution is 5.94. The topological polar surface area (TPSA) is 98.1 Å². The van der Waals surface area contributed by atoms with Crippen molar-refractivity contribution < 1.29 is 14.3 Å². The van der Waals surface area contributed by atoms with Crippen molar-refractivity contribution in [3.63, 3.8) is 0 Å². The second-order valence-corrected chi connectivity index (χ2v) is 5.02. The van der Waals surface area contributed by atoms with Gasteiger partial charge in [-0.1, -0.05) is 12.1 Å². The van der Waals surface area contributed by atoms with Crippen LogP contribution in [0.2, 0.25) is 0 Å². The summed E-state index contributed by atoms with van der Waals surface area (Å²) >= 11 is 0. The molecule has 1 aliphatic rings. The van der Waals surface area contributed by atoms with Crippen LogP contribution in [0.15, 0.2) is 6.20 Å². The second-order valence-electron chi connectivity index (χ2n) is 5.02. The highest BCUT2D eigenvalue weighted by Crippen LogP contribution is 2.17. The summed E-state index contributed by atoms with van der Waals surface area (Å²) in [6.07, 6.45) is 4.02. The van der Waals surface area contributed by atoms with E-state index in [9.17, 15) is 9.59 Å². The lowest BCUT2D eigenvalue weighted by Crippen LogP contribution is -2.41. The molecule has 22 heavy (non-hydrogen) atoms. The SMILES string of the molecule is CCC(NC(=O)c1cn(C2CCNCC2)nn1)C(=O)OC.Cl. The van der Waals surface area contributed by atoms with Crippen LogP contribution in [0.4, 0.5) is 0 Å². The Labute approximate surface area is 135 Å². The first-order valence-corrected chi connectivity index (χ1v) is 7.17. The van der Waals surface area contributed by atoms with Gasteiger partial charge in [-0.15, -0.1) is 17.5 Å². The van der Waals surface area contributed by atoms with E-state index in [1.165, 1.54) is 7.11 Å². The standard InChI is InChI=1S/C13H21N5O3.ClH/c1-3-10(13(20)21-2)15-12(19)11-8-18(17-16-11)9-4-6-14-7-5-9;/h8-10,14H,3-7H2,1-2H3,(H,15,19);1H. The molecule has 0 bridgehead atoms. The summed E-state index contributed by atoms with van der Waals surface area (Å²) in [5, 5.41) is 13.8. The van der Waals surface area contributed by atoms with Crippen molar-refractivity contribution >= 4 is 24.3 Å². The lowest BCUT2D eigenvalue weighted by Gasteiger charge is -2.22. The number of nitrogens with one attached hydrogen (secondary N) is 2. The number of amides is 1. The Morgan fingerprint density at radius 1 is 1.50 bits per heavy atom. The van der Waals surface area contributed by atoms with Gasteiger partial charge in [-0.25, -0.2) is 9.48 Å². The van der Waals surface area contributed by atoms with Gasteiger partial charge in [0.15, 0.2) is 5.69 Å². The predicted octanol–water partition coefficient (Wildman–Crippen LogP) is 0.306. The molecule has 2 rings (SSSR count). The molecular weight excluding hydrogens is 310 g/mol. The van der Waals surface area contributed by atoms with Crippen molar-refractivity contribution in [2.75, 3.05) is 20.2 Å². The number of rotatable bonds is 5. The van der Waals surface area contributed by atoms with Gasteiger partial charge in [0.25, 0.3) is 5.91 Å². The Bertz CT molecular complexity index is 502. The number of halogens is 1. The number of carbonyl (C=O) groups is 2. The van der Waals surface area contributed by atoms with Crippen LogP contribution in [0.3, 0.4) is 0 Å². The van der Waals surface area contributed by atoms with Crippen molar-refractivity contribution in [3.8, 4) is 0 Å². The zero-order chi connectivity index (χ0) is 15.2. The summed E-state index contributed by atoms with van der Waals surface area (Å²) in [7, 11) is 1.30. The van der Waals surface area contributed by atoms with Crippen LogP contribution in [0.1, 0.15) is 42.7 Å². The zero-order valence-electron chi connectivity index (χ0n) is 12.7. The Hall–Kier alpha value is -1.67. The minimum absolute atomic E-state index is 0. The van der Waals surface area contributed by atoms with Crippen LogP contribution in [0.25, 0.3) is 0 Å². The molecule has 1 aromatic heterocycles. The second kappa shape index (κ2) is 8.70. The highest BCUT2D eigenvalue weighted by atomic mass is 35.5. The number of hydrogen-bond acceptors (Lipinski definition) is 6. The van der Waals surface area contributed by atoms with E-state index < -0.39 is 17.9 Å². The molecule has 8 nitrogen and oxygen atoms in total. The van der Waals surface area contributed by atoms with E-state index in [1.54, 1.807) is 17.8 Å². The molecule has 1 atom stereocenters. The molecule has 9 heteroatoms. The first kappa shape index (κ1) is 18.4. The van der Waals surface area contributed by atoms with E-state index in [-0.39, 0.29) is 24.1 Å². The summed E-state index contributed by atoms with van der Waals surface area (Å²) in [6, 6.07) is -0.394. The zero-order valence-corrected chi connectivity index (χ0v) is 13.6. The Morgan fingerprint density at radius 2 is 2.18 bits per heavy atom. The first-order valence-electron chi connectivity index (χ1n) is 7.17. The summed E-state index contributed by atoms with van der Waals surface area (Å²) < 4.78 is 6.37. The Morgan fingerprint density at radius 3 is 2.77 bits per heavy atom. The van der Waals surface area contributed by atoms with Gasteiger partial charge in [0.1, 0.15) is 6.04 Å². The van der Waals surface area contributed by atoms with E-state index in [0.29, 0.717) is 6.42 Å². The maximum Gasteiger partial charge on any atom is 0.328 e. The van der Waals surface area contributed by atoms with Crippen molar-refractivity contribution in [2.24, 2.45) is 0 Å². The van der Waals surface area contributed by atoms with Gasteiger partial charge in [0.05, 0.1) is 19.3 Å². The van der Waals surface area contributed by atoms with Gasteiger partial charge in [-0.05, 0) is 32.4 Å². The van der Waals surface area contributed by atoms with Gasteiger partial charge < -0.3 is 15.4 Å². The van der Waals surface area contributed by atoms with Gasteiger partial charge in [-0.2, -0.15) is 0 Å². The maximum absolute atomic E-state index is 12.1. The summed E-state index contributed by atoms with van der Waals surface area (Å²) in [5.74, 6) is -0.871. The highest BCUT2D eigenvalue weighted by Gasteiger charge is 2.23. The molecule has 124 valence electrons. The van der Waals surface area contributed by atoms with Crippen LogP contribution in [-0.4, -0.2) is 53.1 Å². The molecule has 1 aliphatic heterocycles. The third kappa shape index (κ3) is 4.41. The molecule has 1 aromatic rings. The van der Waals surface area contributed by atoms with Crippen molar-refractivity contribution in [3.05, 3.63) is 11.9 Å². The molecule has 0 aromatic carbocycles. The third-order valence-electron chi connectivity index (χ3n) is 3.63. The van der Waals surface area contributed by atoms with E-state index in [0.717, 1.165) is 25.9 Å². The number of esters is 1. The molecular formula is C13H22ClN5O3. The van der Waals surface area contributed by atoms with Crippen LogP contribution in [0.5, 0.6) is 0 Å². The molecule has 1 amide bonds. The van der Waals surface area contributed by atoms with Gasteiger partial charge in [-0.3, -0.25) is 4.79 Å². The molecule has 2 N–H and O–H groups in total. The molecule has 1 saturated heterocycles. The molecule has 0 spiro atoms. The fourth-order valence-corrected chi connectivity index (χ4v) is 2.33. The van der Waals surface area contributed by atoms with Crippen molar-refractivity contribution in [1.82, 2.24) is 25.6 Å². The van der Waals surface area contributed by atoms with E-state index in [1.807, 2.05) is 0 Å². The summed E-state index contributed by atoms with van der Waals surface area (Å²) in [4.78, 5) is 23.6. The monoisotopic (exact) mass is 331 g/mol. The third-order valence-corrected chi connectivity index (χ3v) is 3.63. The van der Waals surface area contributed by atoms with Crippen LogP contribution >= 0.6 is 12.4 Å². The fraction of sp³-hybridized carbons (Fsp3) is 0.692. The number of aromatic nitrogens is 3. The van der Waals surface area contributed by atoms with Gasteiger partial charge >= 0.3 is 5.97 Å². The summed E-state index contributed by atoms with van der Waals surface area (Å²) in [5.41, 5.74) is 0.218. The first-order chi connectivity index (χ1) is 10.2. The molecule has 0 saturated carbocycles. The minimum Gasteiger partial charge on any atom is -0.467 e. The quantitative estimate of drug-likeness (QED) is 0.753. The minimum atomic E-state index is -0.661. The number of nitrogens with zero attached hydrogens (tertiary/aromatic N) is 3. The molecule has 1 unspecified atom stereocenters. The molecule has 0 radical (unpaired) electrons. The van der Waals surface area contributed by atoms with Crippen molar-refractivity contribution in [1.29, 1.82) is 0 Å². The average Bonchev–Trinajstić information content (AvgIpc) is 3.02. The predicted molar refractivity (Wildman–Crippen MR) is 82.0 cm³/mol. The van der Waals surface area contributed by atoms with E-state index in [2.05, 4.69) is 25.7 Å². The number of hydrogen-bond donors (Lipinski definition) is 2. The molecule has 1 fully saturated rings. The van der Waals surface area contributed by atoms with Crippen molar-refractivity contribution in [2.45, 2.75) is 38.3 Å². The number of piperidine rings is 1. The van der Waals surface area contributed by atoms with Crippen LogP contribution in [-0.2, 0) is 9.53 Å². The molecule has 0 aliphatic carbocycles. The van der Waals surface area contributed by atoms with Crippen LogP contribution < -0.4 is 10.6 Å². The number of methoxy groups -OCH3 is 1. The Balaban J connectivity index is 0.00000242. The largest absolute Gasteiger partial charge is 0.467 e. The lowest BCUT2D eigenvalue weighted by molar-refractivity contribution is -0.142. The smallest absolute Gasteiger partial charge is 0.328 e. The number of carbonyl (C=O) groups excluding carboxylic acids is 2. The lowest BCUT2D eigenvalue weighted by atomic mass is 10.1. The van der Waals surface area contributed by atoms with E-state index >= 15 is 0 Å². The number of ether oxygens (including phenoxy) is 1. The maximum atomic E-state index is 12.1. The van der Waals surface area contributed by atoms with Crippen LogP contribution in [0, 0.1) is 0 Å². The molecule has 2 heterocycles. The Kier molecular flexibility index (Phi) is 7.26. The average molecular weight is 332 g/mol. The van der Waals surface area contributed by atoms with Gasteiger partial charge in [0, 0.05) is 0 Å². The fourth-order valence-electron chi connectivity index (χ4n) is 2.33. The normalized spacial score (nSPS) is 16.5.